The third kappa shape index (κ3) is 4.21. The standard InChI is InChI=1S/C14H22FN3O/c1-4-17-14(2,13(16)19)9-10-18(3)12-7-5-11(15)6-8-12/h5-8,17H,4,9-10H2,1-3H3,(H2,16,19). The number of carbonyl (C=O) groups excluding carboxylic acids is 1. The lowest BCUT2D eigenvalue weighted by atomic mass is 9.96. The zero-order valence-corrected chi connectivity index (χ0v) is 11.7. The van der Waals surface area contributed by atoms with Crippen molar-refractivity contribution < 1.29 is 9.18 Å². The van der Waals surface area contributed by atoms with Crippen LogP contribution in [0.25, 0.3) is 0 Å². The molecule has 106 valence electrons. The van der Waals surface area contributed by atoms with E-state index in [2.05, 4.69) is 5.32 Å². The highest BCUT2D eigenvalue weighted by Crippen LogP contribution is 2.16. The molecule has 0 radical (unpaired) electrons. The first-order valence-electron chi connectivity index (χ1n) is 6.40. The number of likely N-dealkylation sites (N-methyl/N-ethyl adjacent to an activating group) is 1. The van der Waals surface area contributed by atoms with Crippen LogP contribution in [0.4, 0.5) is 10.1 Å². The molecule has 3 N–H and O–H groups in total. The third-order valence-corrected chi connectivity index (χ3v) is 3.33. The second-order valence-electron chi connectivity index (χ2n) is 4.87. The average molecular weight is 267 g/mol. The molecule has 0 aromatic heterocycles. The molecule has 19 heavy (non-hydrogen) atoms. The number of hydrogen-bond acceptors (Lipinski definition) is 3. The highest BCUT2D eigenvalue weighted by atomic mass is 19.1. The molecule has 1 amide bonds. The summed E-state index contributed by atoms with van der Waals surface area (Å²) < 4.78 is 12.8. The van der Waals surface area contributed by atoms with Crippen molar-refractivity contribution in [2.75, 3.05) is 25.0 Å². The van der Waals surface area contributed by atoms with Gasteiger partial charge in [0.05, 0.1) is 5.54 Å². The zero-order chi connectivity index (χ0) is 14.5. The van der Waals surface area contributed by atoms with E-state index in [1.165, 1.54) is 12.1 Å². The predicted molar refractivity (Wildman–Crippen MR) is 75.6 cm³/mol. The summed E-state index contributed by atoms with van der Waals surface area (Å²) in [4.78, 5) is 13.5. The number of nitrogens with one attached hydrogen (secondary N) is 1. The summed E-state index contributed by atoms with van der Waals surface area (Å²) >= 11 is 0. The fourth-order valence-corrected chi connectivity index (χ4v) is 1.90. The van der Waals surface area contributed by atoms with Crippen molar-refractivity contribution in [1.29, 1.82) is 0 Å². The monoisotopic (exact) mass is 267 g/mol. The Morgan fingerprint density at radius 3 is 2.47 bits per heavy atom. The lowest BCUT2D eigenvalue weighted by molar-refractivity contribution is -0.123. The van der Waals surface area contributed by atoms with Crippen LogP contribution in [0.15, 0.2) is 24.3 Å². The van der Waals surface area contributed by atoms with E-state index in [1.54, 1.807) is 19.1 Å². The number of primary amides is 1. The molecule has 1 rings (SSSR count). The Hall–Kier alpha value is -1.62. The molecule has 0 bridgehead atoms. The number of nitrogens with two attached hydrogens (primary N) is 1. The van der Waals surface area contributed by atoms with Crippen LogP contribution in [0, 0.1) is 5.82 Å². The van der Waals surface area contributed by atoms with Crippen LogP contribution in [0.1, 0.15) is 20.3 Å². The molecule has 1 atom stereocenters. The predicted octanol–water partition coefficient (Wildman–Crippen LogP) is 1.51. The highest BCUT2D eigenvalue weighted by molar-refractivity contribution is 5.84. The quantitative estimate of drug-likeness (QED) is 0.787. The van der Waals surface area contributed by atoms with Crippen molar-refractivity contribution in [3.8, 4) is 0 Å². The molecule has 0 heterocycles. The molecule has 1 aromatic rings. The second kappa shape index (κ2) is 6.52. The van der Waals surface area contributed by atoms with Gasteiger partial charge in [-0.25, -0.2) is 4.39 Å². The Bertz CT molecular complexity index is 421. The molecule has 0 saturated carbocycles. The third-order valence-electron chi connectivity index (χ3n) is 3.33. The van der Waals surface area contributed by atoms with Gasteiger partial charge < -0.3 is 16.0 Å². The Morgan fingerprint density at radius 1 is 1.42 bits per heavy atom. The van der Waals surface area contributed by atoms with Gasteiger partial charge in [-0.2, -0.15) is 0 Å². The number of nitrogens with zero attached hydrogens (tertiary/aromatic N) is 1. The van der Waals surface area contributed by atoms with Crippen LogP contribution in [0.5, 0.6) is 0 Å². The van der Waals surface area contributed by atoms with E-state index in [-0.39, 0.29) is 11.7 Å². The molecule has 4 nitrogen and oxygen atoms in total. The molecular weight excluding hydrogens is 245 g/mol. The fourth-order valence-electron chi connectivity index (χ4n) is 1.90. The smallest absolute Gasteiger partial charge is 0.237 e. The minimum absolute atomic E-state index is 0.258. The van der Waals surface area contributed by atoms with Gasteiger partial charge in [0.2, 0.25) is 5.91 Å². The Balaban J connectivity index is 2.64. The summed E-state index contributed by atoms with van der Waals surface area (Å²) in [6.45, 7) is 5.07. The van der Waals surface area contributed by atoms with Gasteiger partial charge in [0.15, 0.2) is 0 Å². The van der Waals surface area contributed by atoms with Crippen molar-refractivity contribution in [2.24, 2.45) is 5.73 Å². The average Bonchev–Trinajstić information content (AvgIpc) is 2.37. The van der Waals surface area contributed by atoms with Crippen molar-refractivity contribution in [2.45, 2.75) is 25.8 Å². The van der Waals surface area contributed by atoms with Crippen LogP contribution in [-0.2, 0) is 4.79 Å². The molecule has 0 spiro atoms. The Morgan fingerprint density at radius 2 is 2.00 bits per heavy atom. The summed E-state index contributed by atoms with van der Waals surface area (Å²) in [5.41, 5.74) is 5.62. The number of rotatable bonds is 7. The number of benzene rings is 1. The van der Waals surface area contributed by atoms with Crippen LogP contribution in [0.2, 0.25) is 0 Å². The van der Waals surface area contributed by atoms with Gasteiger partial charge in [0.25, 0.3) is 0 Å². The molecule has 0 fully saturated rings. The summed E-state index contributed by atoms with van der Waals surface area (Å²) in [6, 6.07) is 6.27. The van der Waals surface area contributed by atoms with E-state index in [0.717, 1.165) is 5.69 Å². The maximum absolute atomic E-state index is 12.8. The van der Waals surface area contributed by atoms with E-state index in [4.69, 9.17) is 5.73 Å². The van der Waals surface area contributed by atoms with Crippen molar-refractivity contribution in [3.05, 3.63) is 30.1 Å². The molecule has 0 saturated heterocycles. The minimum Gasteiger partial charge on any atom is -0.375 e. The fraction of sp³-hybridized carbons (Fsp3) is 0.500. The number of hydrogen-bond donors (Lipinski definition) is 2. The highest BCUT2D eigenvalue weighted by Gasteiger charge is 2.29. The minimum atomic E-state index is -0.719. The number of carbonyl (C=O) groups is 1. The molecule has 1 aromatic carbocycles. The summed E-state index contributed by atoms with van der Waals surface area (Å²) in [7, 11) is 1.90. The topological polar surface area (TPSA) is 58.4 Å². The summed E-state index contributed by atoms with van der Waals surface area (Å²) in [5, 5.41) is 3.11. The summed E-state index contributed by atoms with van der Waals surface area (Å²) in [5.74, 6) is -0.617. The number of halogens is 1. The van der Waals surface area contributed by atoms with E-state index >= 15 is 0 Å². The van der Waals surface area contributed by atoms with E-state index in [0.29, 0.717) is 19.5 Å². The first kappa shape index (κ1) is 15.4. The van der Waals surface area contributed by atoms with Crippen molar-refractivity contribution >= 4 is 11.6 Å². The molecule has 0 aliphatic rings. The van der Waals surface area contributed by atoms with E-state index < -0.39 is 5.54 Å². The SMILES string of the molecule is CCNC(C)(CCN(C)c1ccc(F)cc1)C(N)=O. The molecule has 0 aliphatic heterocycles. The Kier molecular flexibility index (Phi) is 5.30. The van der Waals surface area contributed by atoms with Crippen LogP contribution >= 0.6 is 0 Å². The summed E-state index contributed by atoms with van der Waals surface area (Å²) in [6.07, 6.45) is 0.587. The van der Waals surface area contributed by atoms with Crippen LogP contribution < -0.4 is 16.0 Å². The lowest BCUT2D eigenvalue weighted by Gasteiger charge is -2.30. The second-order valence-corrected chi connectivity index (χ2v) is 4.87. The largest absolute Gasteiger partial charge is 0.375 e. The van der Waals surface area contributed by atoms with Gasteiger partial charge >= 0.3 is 0 Å². The van der Waals surface area contributed by atoms with E-state index in [1.807, 2.05) is 18.9 Å². The van der Waals surface area contributed by atoms with E-state index in [9.17, 15) is 9.18 Å². The van der Waals surface area contributed by atoms with Crippen LogP contribution in [-0.4, -0.2) is 31.6 Å². The van der Waals surface area contributed by atoms with Crippen molar-refractivity contribution in [1.82, 2.24) is 5.32 Å². The maximum atomic E-state index is 12.8. The number of amides is 1. The lowest BCUT2D eigenvalue weighted by Crippen LogP contribution is -2.54. The normalized spacial score (nSPS) is 13.9. The molecule has 0 aliphatic carbocycles. The van der Waals surface area contributed by atoms with Gasteiger partial charge in [-0.1, -0.05) is 6.92 Å². The maximum Gasteiger partial charge on any atom is 0.237 e. The Labute approximate surface area is 113 Å². The molecule has 5 heteroatoms. The first-order chi connectivity index (χ1) is 8.89. The molecular formula is C14H22FN3O. The van der Waals surface area contributed by atoms with Gasteiger partial charge in [0, 0.05) is 19.3 Å². The van der Waals surface area contributed by atoms with Crippen LogP contribution in [0.3, 0.4) is 0 Å². The van der Waals surface area contributed by atoms with Crippen molar-refractivity contribution in [3.63, 3.8) is 0 Å². The van der Waals surface area contributed by atoms with Gasteiger partial charge in [-0.05, 0) is 44.2 Å². The van der Waals surface area contributed by atoms with Gasteiger partial charge in [0.1, 0.15) is 5.82 Å². The first-order valence-corrected chi connectivity index (χ1v) is 6.40. The molecule has 1 unspecified atom stereocenters. The zero-order valence-electron chi connectivity index (χ0n) is 11.7. The van der Waals surface area contributed by atoms with Gasteiger partial charge in [-0.15, -0.1) is 0 Å². The van der Waals surface area contributed by atoms with Gasteiger partial charge in [-0.3, -0.25) is 4.79 Å². The number of anilines is 1.